The fourth-order valence-corrected chi connectivity index (χ4v) is 3.48. The lowest BCUT2D eigenvalue weighted by Gasteiger charge is -2.20. The van der Waals surface area contributed by atoms with Gasteiger partial charge in [0.25, 0.3) is 5.91 Å². The first-order chi connectivity index (χ1) is 11.0. The SMILES string of the molecule is CC(C)N1CC(c2ncc(Cc3ccc(F)cc3)s2)=C(O)C1=O. The molecule has 0 aliphatic carbocycles. The monoisotopic (exact) mass is 332 g/mol. The lowest BCUT2D eigenvalue weighted by Crippen LogP contribution is -2.33. The number of nitrogens with zero attached hydrogens (tertiary/aromatic N) is 2. The van der Waals surface area contributed by atoms with E-state index in [0.717, 1.165) is 10.4 Å². The Labute approximate surface area is 137 Å². The largest absolute Gasteiger partial charge is 0.503 e. The third kappa shape index (κ3) is 3.12. The van der Waals surface area contributed by atoms with E-state index in [1.807, 2.05) is 13.8 Å². The molecule has 2 heterocycles. The first-order valence-corrected chi connectivity index (χ1v) is 8.20. The summed E-state index contributed by atoms with van der Waals surface area (Å²) in [4.78, 5) is 19.0. The average molecular weight is 332 g/mol. The highest BCUT2D eigenvalue weighted by Crippen LogP contribution is 2.31. The van der Waals surface area contributed by atoms with Crippen LogP contribution in [0, 0.1) is 5.82 Å². The van der Waals surface area contributed by atoms with E-state index >= 15 is 0 Å². The molecular formula is C17H17FN2O2S. The molecule has 0 fully saturated rings. The Morgan fingerprint density at radius 3 is 2.65 bits per heavy atom. The summed E-state index contributed by atoms with van der Waals surface area (Å²) in [5.74, 6) is -0.807. The van der Waals surface area contributed by atoms with Gasteiger partial charge in [-0.2, -0.15) is 0 Å². The summed E-state index contributed by atoms with van der Waals surface area (Å²) in [6.45, 7) is 4.21. The molecule has 1 N–H and O–H groups in total. The van der Waals surface area contributed by atoms with Crippen molar-refractivity contribution in [2.24, 2.45) is 0 Å². The summed E-state index contributed by atoms with van der Waals surface area (Å²) in [6.07, 6.45) is 2.39. The van der Waals surface area contributed by atoms with Gasteiger partial charge in [0.05, 0.1) is 12.1 Å². The Kier molecular flexibility index (Phi) is 4.17. The molecule has 1 aliphatic rings. The highest BCUT2D eigenvalue weighted by Gasteiger charge is 2.33. The molecule has 1 amide bonds. The number of carbonyl (C=O) groups excluding carboxylic acids is 1. The summed E-state index contributed by atoms with van der Waals surface area (Å²) in [5, 5.41) is 10.7. The number of thiazole rings is 1. The molecule has 0 bridgehead atoms. The van der Waals surface area contributed by atoms with Gasteiger partial charge >= 0.3 is 0 Å². The molecule has 6 heteroatoms. The van der Waals surface area contributed by atoms with Crippen molar-refractivity contribution in [2.45, 2.75) is 26.3 Å². The van der Waals surface area contributed by atoms with Crippen LogP contribution in [0.5, 0.6) is 0 Å². The second-order valence-electron chi connectivity index (χ2n) is 5.79. The second-order valence-corrected chi connectivity index (χ2v) is 6.90. The van der Waals surface area contributed by atoms with E-state index in [4.69, 9.17) is 0 Å². The van der Waals surface area contributed by atoms with Crippen LogP contribution >= 0.6 is 11.3 Å². The van der Waals surface area contributed by atoms with E-state index in [1.54, 1.807) is 23.2 Å². The number of carbonyl (C=O) groups is 1. The van der Waals surface area contributed by atoms with Crippen LogP contribution in [0.25, 0.3) is 5.57 Å². The maximum Gasteiger partial charge on any atom is 0.289 e. The van der Waals surface area contributed by atoms with Gasteiger partial charge in [-0.15, -0.1) is 11.3 Å². The van der Waals surface area contributed by atoms with Crippen molar-refractivity contribution in [3.05, 3.63) is 57.5 Å². The molecule has 1 aliphatic heterocycles. The molecule has 1 aromatic carbocycles. The van der Waals surface area contributed by atoms with E-state index in [1.165, 1.54) is 23.5 Å². The van der Waals surface area contributed by atoms with Crippen LogP contribution in [-0.2, 0) is 11.2 Å². The van der Waals surface area contributed by atoms with E-state index < -0.39 is 0 Å². The van der Waals surface area contributed by atoms with Crippen molar-refractivity contribution in [2.75, 3.05) is 6.54 Å². The number of aromatic nitrogens is 1. The number of aliphatic hydroxyl groups is 1. The van der Waals surface area contributed by atoms with Gasteiger partial charge in [-0.3, -0.25) is 4.79 Å². The summed E-state index contributed by atoms with van der Waals surface area (Å²) in [6, 6.07) is 6.38. The van der Waals surface area contributed by atoms with Gasteiger partial charge in [-0.1, -0.05) is 12.1 Å². The average Bonchev–Trinajstić information content (AvgIpc) is 3.08. The minimum Gasteiger partial charge on any atom is -0.503 e. The highest BCUT2D eigenvalue weighted by molar-refractivity contribution is 7.12. The van der Waals surface area contributed by atoms with Crippen molar-refractivity contribution in [1.29, 1.82) is 0 Å². The first-order valence-electron chi connectivity index (χ1n) is 7.38. The first kappa shape index (κ1) is 15.7. The molecule has 0 saturated heterocycles. The van der Waals surface area contributed by atoms with Crippen molar-refractivity contribution in [3.8, 4) is 0 Å². The Balaban J connectivity index is 1.79. The number of aliphatic hydroxyl groups excluding tert-OH is 1. The van der Waals surface area contributed by atoms with Crippen molar-refractivity contribution in [1.82, 2.24) is 9.88 Å². The zero-order valence-corrected chi connectivity index (χ0v) is 13.7. The van der Waals surface area contributed by atoms with Gasteiger partial charge < -0.3 is 10.0 Å². The predicted octanol–water partition coefficient (Wildman–Crippen LogP) is 3.39. The van der Waals surface area contributed by atoms with Gasteiger partial charge in [0.2, 0.25) is 0 Å². The number of amides is 1. The topological polar surface area (TPSA) is 53.4 Å². The maximum absolute atomic E-state index is 12.9. The Hall–Kier alpha value is -2.21. The number of rotatable bonds is 4. The molecule has 2 aromatic rings. The third-order valence-electron chi connectivity index (χ3n) is 3.80. The summed E-state index contributed by atoms with van der Waals surface area (Å²) in [7, 11) is 0. The van der Waals surface area contributed by atoms with Gasteiger partial charge in [0, 0.05) is 23.5 Å². The van der Waals surface area contributed by atoms with Crippen molar-refractivity contribution >= 4 is 22.8 Å². The molecule has 0 unspecified atom stereocenters. The molecule has 0 saturated carbocycles. The molecule has 0 atom stereocenters. The van der Waals surface area contributed by atoms with Crippen LogP contribution in [0.2, 0.25) is 0 Å². The van der Waals surface area contributed by atoms with E-state index in [0.29, 0.717) is 23.5 Å². The number of benzene rings is 1. The Morgan fingerprint density at radius 1 is 1.35 bits per heavy atom. The summed E-state index contributed by atoms with van der Waals surface area (Å²) >= 11 is 1.45. The minimum atomic E-state index is -0.342. The van der Waals surface area contributed by atoms with Crippen LogP contribution in [0.4, 0.5) is 4.39 Å². The van der Waals surface area contributed by atoms with Crippen LogP contribution < -0.4 is 0 Å². The standard InChI is InChI=1S/C17H17FN2O2S/c1-10(2)20-9-14(15(21)17(20)22)16-19-8-13(23-16)7-11-3-5-12(18)6-4-11/h3-6,8,10,21H,7,9H2,1-2H3. The van der Waals surface area contributed by atoms with E-state index in [2.05, 4.69) is 4.98 Å². The van der Waals surface area contributed by atoms with Crippen LogP contribution in [0.1, 0.15) is 29.3 Å². The fourth-order valence-electron chi connectivity index (χ4n) is 2.50. The Bertz CT molecular complexity index is 765. The molecule has 23 heavy (non-hydrogen) atoms. The predicted molar refractivity (Wildman–Crippen MR) is 87.7 cm³/mol. The Morgan fingerprint density at radius 2 is 2.04 bits per heavy atom. The lowest BCUT2D eigenvalue weighted by atomic mass is 10.1. The minimum absolute atomic E-state index is 0.0285. The lowest BCUT2D eigenvalue weighted by molar-refractivity contribution is -0.129. The summed E-state index contributed by atoms with van der Waals surface area (Å²) in [5.41, 5.74) is 1.57. The molecule has 4 nitrogen and oxygen atoms in total. The third-order valence-corrected chi connectivity index (χ3v) is 4.86. The molecule has 0 spiro atoms. The zero-order chi connectivity index (χ0) is 16.6. The van der Waals surface area contributed by atoms with Crippen LogP contribution in [0.15, 0.2) is 36.2 Å². The maximum atomic E-state index is 12.9. The highest BCUT2D eigenvalue weighted by atomic mass is 32.1. The number of hydrogen-bond donors (Lipinski definition) is 1. The van der Waals surface area contributed by atoms with E-state index in [9.17, 15) is 14.3 Å². The van der Waals surface area contributed by atoms with Crippen molar-refractivity contribution < 1.29 is 14.3 Å². The van der Waals surface area contributed by atoms with Crippen LogP contribution in [0.3, 0.4) is 0 Å². The number of halogens is 1. The quantitative estimate of drug-likeness (QED) is 0.934. The van der Waals surface area contributed by atoms with Crippen LogP contribution in [-0.4, -0.2) is 33.5 Å². The molecule has 120 valence electrons. The van der Waals surface area contributed by atoms with Gasteiger partial charge in [0.1, 0.15) is 10.8 Å². The molecule has 3 rings (SSSR count). The second kappa shape index (κ2) is 6.12. The molecule has 1 aromatic heterocycles. The van der Waals surface area contributed by atoms with E-state index in [-0.39, 0.29) is 23.5 Å². The molecular weight excluding hydrogens is 315 g/mol. The normalized spacial score (nSPS) is 15.1. The summed E-state index contributed by atoms with van der Waals surface area (Å²) < 4.78 is 12.9. The number of hydrogen-bond acceptors (Lipinski definition) is 4. The van der Waals surface area contributed by atoms with Gasteiger partial charge in [-0.25, -0.2) is 9.37 Å². The smallest absolute Gasteiger partial charge is 0.289 e. The van der Waals surface area contributed by atoms with Gasteiger partial charge in [-0.05, 0) is 31.5 Å². The molecule has 0 radical (unpaired) electrons. The van der Waals surface area contributed by atoms with Gasteiger partial charge in [0.15, 0.2) is 5.76 Å². The zero-order valence-electron chi connectivity index (χ0n) is 12.9. The van der Waals surface area contributed by atoms with Crippen molar-refractivity contribution in [3.63, 3.8) is 0 Å². The fraction of sp³-hybridized carbons (Fsp3) is 0.294.